The summed E-state index contributed by atoms with van der Waals surface area (Å²) in [5.41, 5.74) is 7.51. The second-order valence-corrected chi connectivity index (χ2v) is 10.3. The lowest BCUT2D eigenvalue weighted by molar-refractivity contribution is -0.143. The lowest BCUT2D eigenvalue weighted by atomic mass is 10.0. The minimum atomic E-state index is -1.44. The molecule has 2 amide bonds. The summed E-state index contributed by atoms with van der Waals surface area (Å²) in [6.07, 6.45) is 0.497. The molecule has 13 heteroatoms. The van der Waals surface area contributed by atoms with E-state index in [1.165, 1.54) is 25.3 Å². The van der Waals surface area contributed by atoms with Gasteiger partial charge in [0.1, 0.15) is 30.2 Å². The number of ether oxygens (including phenoxy) is 1. The molecule has 12 nitrogen and oxygen atoms in total. The number of halogens is 1. The molecule has 1 aliphatic heterocycles. The van der Waals surface area contributed by atoms with E-state index in [2.05, 4.69) is 22.5 Å². The van der Waals surface area contributed by atoms with Crippen molar-refractivity contribution < 1.29 is 33.7 Å². The Kier molecular flexibility index (Phi) is 12.2. The number of aliphatic hydroxyl groups is 1. The Balaban J connectivity index is 1.90. The van der Waals surface area contributed by atoms with Crippen LogP contribution in [0.1, 0.15) is 29.5 Å². The summed E-state index contributed by atoms with van der Waals surface area (Å²) in [6, 6.07) is 7.81. The molecule has 1 unspecified atom stereocenters. The number of amides is 2. The maximum absolute atomic E-state index is 14.0. The zero-order valence-electron chi connectivity index (χ0n) is 24.0. The standard InChI is InChI=1S/C30H39FN6O6/c1-3-24-29(41)36-22(15-18-6-8-20(9-7-18)27(32)33)28(40)35-12-4-5-19-10-11-21(31)16-25(19)43-14-13-34-23(17-26(38)39)30(42)37(24)2/h3,6-11,16,22-24,29,34,36,41H,1,4-5,12-15,17H2,2H3,(H3,32,33)(H,35,40)(H,38,39)/t22-,23+,24-,29?/m1/s1. The van der Waals surface area contributed by atoms with Gasteiger partial charge in [-0.1, -0.05) is 36.4 Å². The van der Waals surface area contributed by atoms with Crippen molar-refractivity contribution in [1.82, 2.24) is 20.9 Å². The summed E-state index contributed by atoms with van der Waals surface area (Å²) < 4.78 is 19.7. The number of carboxylic acids is 1. The molecule has 1 heterocycles. The number of aryl methyl sites for hydroxylation is 1. The zero-order valence-corrected chi connectivity index (χ0v) is 24.0. The predicted molar refractivity (Wildman–Crippen MR) is 158 cm³/mol. The van der Waals surface area contributed by atoms with Gasteiger partial charge in [-0.25, -0.2) is 4.39 Å². The molecule has 1 aliphatic rings. The minimum absolute atomic E-state index is 0.0322. The summed E-state index contributed by atoms with van der Waals surface area (Å²) in [5, 5.41) is 36.8. The van der Waals surface area contributed by atoms with Crippen molar-refractivity contribution in [3.8, 4) is 5.75 Å². The monoisotopic (exact) mass is 598 g/mol. The summed E-state index contributed by atoms with van der Waals surface area (Å²) in [5.74, 6) is -2.51. The van der Waals surface area contributed by atoms with E-state index in [4.69, 9.17) is 15.9 Å². The van der Waals surface area contributed by atoms with Crippen molar-refractivity contribution in [1.29, 1.82) is 5.41 Å². The largest absolute Gasteiger partial charge is 0.492 e. The van der Waals surface area contributed by atoms with E-state index in [1.54, 1.807) is 30.3 Å². The number of nitrogens with zero attached hydrogens (tertiary/aromatic N) is 1. The van der Waals surface area contributed by atoms with Crippen LogP contribution in [0.3, 0.4) is 0 Å². The van der Waals surface area contributed by atoms with Crippen LogP contribution in [-0.2, 0) is 27.2 Å². The third-order valence-corrected chi connectivity index (χ3v) is 7.13. The van der Waals surface area contributed by atoms with Crippen LogP contribution in [-0.4, -0.2) is 89.8 Å². The number of nitrogens with two attached hydrogens (primary N) is 1. The highest BCUT2D eigenvalue weighted by Crippen LogP contribution is 2.21. The molecule has 8 N–H and O–H groups in total. The normalized spacial score (nSPS) is 22.7. The Hall–Kier alpha value is -4.33. The lowest BCUT2D eigenvalue weighted by Gasteiger charge is -2.34. The molecule has 0 aromatic heterocycles. The number of nitrogens with one attached hydrogen (secondary N) is 4. The Morgan fingerprint density at radius 1 is 1.21 bits per heavy atom. The van der Waals surface area contributed by atoms with Crippen molar-refractivity contribution in [2.24, 2.45) is 5.73 Å². The summed E-state index contributed by atoms with van der Waals surface area (Å²) in [6.45, 7) is 4.14. The molecule has 0 aliphatic carbocycles. The summed E-state index contributed by atoms with van der Waals surface area (Å²) in [7, 11) is 1.40. The smallest absolute Gasteiger partial charge is 0.305 e. The molecule has 232 valence electrons. The summed E-state index contributed by atoms with van der Waals surface area (Å²) >= 11 is 0. The molecular formula is C30H39FN6O6. The Bertz CT molecular complexity index is 1310. The van der Waals surface area contributed by atoms with Crippen LogP contribution in [0.15, 0.2) is 55.1 Å². The molecule has 0 fully saturated rings. The second-order valence-electron chi connectivity index (χ2n) is 10.3. The first-order chi connectivity index (χ1) is 20.5. The van der Waals surface area contributed by atoms with Gasteiger partial charge in [0.2, 0.25) is 11.8 Å². The van der Waals surface area contributed by atoms with Crippen molar-refractivity contribution in [2.75, 3.05) is 26.7 Å². The first kappa shape index (κ1) is 33.2. The number of likely N-dealkylation sites (N-methyl/N-ethyl adjacent to an activating group) is 1. The zero-order chi connectivity index (χ0) is 31.5. The van der Waals surface area contributed by atoms with Crippen molar-refractivity contribution in [3.63, 3.8) is 0 Å². The van der Waals surface area contributed by atoms with Gasteiger partial charge in [0, 0.05) is 31.8 Å². The number of aliphatic carboxylic acids is 1. The first-order valence-corrected chi connectivity index (χ1v) is 13.9. The number of carbonyl (C=O) groups is 3. The highest BCUT2D eigenvalue weighted by molar-refractivity contribution is 5.94. The molecule has 2 aromatic carbocycles. The molecule has 0 saturated heterocycles. The van der Waals surface area contributed by atoms with Crippen molar-refractivity contribution in [3.05, 3.63) is 77.6 Å². The molecule has 0 radical (unpaired) electrons. The first-order valence-electron chi connectivity index (χ1n) is 13.9. The number of aliphatic hydroxyl groups excluding tert-OH is 1. The molecule has 3 rings (SSSR count). The number of nitrogen functional groups attached to an aromatic ring is 1. The van der Waals surface area contributed by atoms with Gasteiger partial charge in [0.05, 0.1) is 24.5 Å². The quantitative estimate of drug-likeness (QED) is 0.141. The topological polar surface area (TPSA) is 190 Å². The molecular weight excluding hydrogens is 559 g/mol. The minimum Gasteiger partial charge on any atom is -0.492 e. The van der Waals surface area contributed by atoms with Crippen molar-refractivity contribution >= 4 is 23.6 Å². The number of amidine groups is 1. The van der Waals surface area contributed by atoms with Crippen LogP contribution >= 0.6 is 0 Å². The van der Waals surface area contributed by atoms with E-state index >= 15 is 0 Å². The average Bonchev–Trinajstić information content (AvgIpc) is 2.96. The van der Waals surface area contributed by atoms with Crippen LogP contribution in [0.5, 0.6) is 5.75 Å². The number of benzene rings is 2. The average molecular weight is 599 g/mol. The van der Waals surface area contributed by atoms with Crippen LogP contribution in [0, 0.1) is 11.2 Å². The highest BCUT2D eigenvalue weighted by atomic mass is 19.1. The van der Waals surface area contributed by atoms with Crippen LogP contribution in [0.2, 0.25) is 0 Å². The van der Waals surface area contributed by atoms with E-state index in [0.717, 1.165) is 16.0 Å². The van der Waals surface area contributed by atoms with E-state index in [0.29, 0.717) is 24.2 Å². The third-order valence-electron chi connectivity index (χ3n) is 7.13. The maximum Gasteiger partial charge on any atom is 0.305 e. The van der Waals surface area contributed by atoms with Gasteiger partial charge in [0.15, 0.2) is 0 Å². The number of rotatable bonds is 6. The van der Waals surface area contributed by atoms with Gasteiger partial charge < -0.3 is 36.2 Å². The number of hydrogen-bond donors (Lipinski definition) is 7. The Morgan fingerprint density at radius 2 is 1.93 bits per heavy atom. The van der Waals surface area contributed by atoms with Gasteiger partial charge >= 0.3 is 5.97 Å². The van der Waals surface area contributed by atoms with Gasteiger partial charge in [-0.2, -0.15) is 0 Å². The number of hydrogen-bond acceptors (Lipinski definition) is 8. The fourth-order valence-electron chi connectivity index (χ4n) is 4.78. The number of carbonyl (C=O) groups excluding carboxylic acids is 2. The molecule has 0 spiro atoms. The van der Waals surface area contributed by atoms with Gasteiger partial charge in [-0.15, -0.1) is 6.58 Å². The van der Waals surface area contributed by atoms with E-state index < -0.39 is 54.4 Å². The van der Waals surface area contributed by atoms with Crippen molar-refractivity contribution in [2.45, 2.75) is 50.0 Å². The van der Waals surface area contributed by atoms with Gasteiger partial charge in [0.25, 0.3) is 0 Å². The second kappa shape index (κ2) is 15.8. The maximum atomic E-state index is 14.0. The molecule has 0 bridgehead atoms. The number of carboxylic acid groups (broad SMARTS) is 1. The van der Waals surface area contributed by atoms with E-state index in [-0.39, 0.29) is 32.0 Å². The van der Waals surface area contributed by atoms with E-state index in [9.17, 15) is 29.0 Å². The Morgan fingerprint density at radius 3 is 2.58 bits per heavy atom. The predicted octanol–water partition coefficient (Wildman–Crippen LogP) is 0.516. The van der Waals surface area contributed by atoms with Gasteiger partial charge in [-0.3, -0.25) is 25.1 Å². The highest BCUT2D eigenvalue weighted by Gasteiger charge is 2.33. The lowest BCUT2D eigenvalue weighted by Crippen LogP contribution is -2.59. The number of fused-ring (bicyclic) bond motifs is 1. The Labute approximate surface area is 249 Å². The van der Waals surface area contributed by atoms with Gasteiger partial charge in [-0.05, 0) is 36.5 Å². The van der Waals surface area contributed by atoms with E-state index in [1.807, 2.05) is 0 Å². The fraction of sp³-hybridized carbons (Fsp3) is 0.400. The molecule has 4 atom stereocenters. The summed E-state index contributed by atoms with van der Waals surface area (Å²) in [4.78, 5) is 39.4. The molecule has 43 heavy (non-hydrogen) atoms. The molecule has 2 aromatic rings. The SMILES string of the molecule is C=C[C@@H]1C(O)N[C@H](Cc2ccc(C(=N)N)cc2)C(=O)NCCCc2ccc(F)cc2OCCN[C@@H](CC(=O)O)C(=O)N1C. The van der Waals surface area contributed by atoms with Crippen LogP contribution < -0.4 is 26.4 Å². The fourth-order valence-corrected chi connectivity index (χ4v) is 4.78. The van der Waals surface area contributed by atoms with Crippen LogP contribution in [0.25, 0.3) is 0 Å². The third kappa shape index (κ3) is 9.60. The molecule has 0 saturated carbocycles. The van der Waals surface area contributed by atoms with Crippen LogP contribution in [0.4, 0.5) is 4.39 Å².